The summed E-state index contributed by atoms with van der Waals surface area (Å²) in [7, 11) is 0. The molecule has 0 atom stereocenters. The molecule has 0 aliphatic carbocycles. The Kier molecular flexibility index (Phi) is 6.12. The van der Waals surface area contributed by atoms with E-state index in [1.54, 1.807) is 66.7 Å². The first-order valence-electron chi connectivity index (χ1n) is 9.77. The Hall–Kier alpha value is -4.92. The van der Waals surface area contributed by atoms with Gasteiger partial charge in [0.25, 0.3) is 11.6 Å². The molecular weight excluding hydrogens is 426 g/mol. The molecule has 0 saturated carbocycles. The maximum Gasteiger partial charge on any atom is 0.291 e. The van der Waals surface area contributed by atoms with E-state index in [2.05, 4.69) is 10.6 Å². The summed E-state index contributed by atoms with van der Waals surface area (Å²) in [6, 6.07) is 19.2. The highest BCUT2D eigenvalue weighted by atomic mass is 16.6. The number of nitrogens with one attached hydrogen (secondary N) is 2. The molecule has 0 aliphatic rings. The van der Waals surface area contributed by atoms with Gasteiger partial charge in [0, 0.05) is 23.5 Å². The molecule has 4 rings (SSSR count). The molecule has 2 aromatic carbocycles. The van der Waals surface area contributed by atoms with Crippen LogP contribution in [0.2, 0.25) is 0 Å². The second-order valence-corrected chi connectivity index (χ2v) is 6.81. The average molecular weight is 443 g/mol. The number of nitro groups is 1. The topological polar surface area (TPSA) is 128 Å². The largest absolute Gasteiger partial charge is 0.459 e. The highest BCUT2D eigenvalue weighted by Crippen LogP contribution is 2.31. The lowest BCUT2D eigenvalue weighted by atomic mass is 10.1. The van der Waals surface area contributed by atoms with Gasteiger partial charge in [0.1, 0.15) is 11.5 Å². The van der Waals surface area contributed by atoms with E-state index in [4.69, 9.17) is 8.83 Å². The van der Waals surface area contributed by atoms with Crippen molar-refractivity contribution in [3.8, 4) is 11.3 Å². The van der Waals surface area contributed by atoms with Gasteiger partial charge in [0.15, 0.2) is 5.76 Å². The molecule has 0 fully saturated rings. The first-order valence-corrected chi connectivity index (χ1v) is 9.77. The van der Waals surface area contributed by atoms with E-state index in [1.165, 1.54) is 24.5 Å². The number of hydrogen-bond acceptors (Lipinski definition) is 6. The SMILES string of the molecule is O=C(C=Cc1ccc(-c2ccccc2[N+](=O)[O-])o1)Nc1ccc(NC(=O)c2ccco2)cc1. The molecule has 0 saturated heterocycles. The number of hydrogen-bond donors (Lipinski definition) is 2. The van der Waals surface area contributed by atoms with Gasteiger partial charge < -0.3 is 19.5 Å². The number of amides is 2. The maximum absolute atomic E-state index is 12.2. The molecule has 9 heteroatoms. The predicted molar refractivity (Wildman–Crippen MR) is 122 cm³/mol. The van der Waals surface area contributed by atoms with Gasteiger partial charge in [-0.05, 0) is 60.7 Å². The van der Waals surface area contributed by atoms with Crippen molar-refractivity contribution in [2.45, 2.75) is 0 Å². The van der Waals surface area contributed by atoms with Gasteiger partial charge in [-0.2, -0.15) is 0 Å². The first-order chi connectivity index (χ1) is 16.0. The van der Waals surface area contributed by atoms with Gasteiger partial charge in [0.05, 0.1) is 16.7 Å². The Bertz CT molecular complexity index is 1320. The van der Waals surface area contributed by atoms with Crippen LogP contribution in [0.3, 0.4) is 0 Å². The van der Waals surface area contributed by atoms with Crippen molar-refractivity contribution in [2.24, 2.45) is 0 Å². The quantitative estimate of drug-likeness (QED) is 0.225. The Labute approximate surface area is 187 Å². The van der Waals surface area contributed by atoms with Gasteiger partial charge in [0.2, 0.25) is 5.91 Å². The fraction of sp³-hybridized carbons (Fsp3) is 0. The summed E-state index contributed by atoms with van der Waals surface area (Å²) in [6.45, 7) is 0. The van der Waals surface area contributed by atoms with E-state index in [1.807, 2.05) is 0 Å². The number of para-hydroxylation sites is 1. The number of anilines is 2. The molecule has 33 heavy (non-hydrogen) atoms. The van der Waals surface area contributed by atoms with Crippen LogP contribution >= 0.6 is 0 Å². The lowest BCUT2D eigenvalue weighted by Gasteiger charge is -2.05. The zero-order valence-corrected chi connectivity index (χ0v) is 17.1. The zero-order chi connectivity index (χ0) is 23.2. The second kappa shape index (κ2) is 9.48. The van der Waals surface area contributed by atoms with Crippen LogP contribution in [-0.4, -0.2) is 16.7 Å². The number of benzene rings is 2. The fourth-order valence-electron chi connectivity index (χ4n) is 3.01. The lowest BCUT2D eigenvalue weighted by Crippen LogP contribution is -2.11. The lowest BCUT2D eigenvalue weighted by molar-refractivity contribution is -0.384. The van der Waals surface area contributed by atoms with Crippen molar-refractivity contribution in [1.29, 1.82) is 0 Å². The van der Waals surface area contributed by atoms with Gasteiger partial charge >= 0.3 is 0 Å². The summed E-state index contributed by atoms with van der Waals surface area (Å²) in [5.41, 5.74) is 1.36. The highest BCUT2D eigenvalue weighted by Gasteiger charge is 2.16. The smallest absolute Gasteiger partial charge is 0.291 e. The van der Waals surface area contributed by atoms with E-state index in [0.29, 0.717) is 28.5 Å². The minimum Gasteiger partial charge on any atom is -0.459 e. The monoisotopic (exact) mass is 443 g/mol. The van der Waals surface area contributed by atoms with Gasteiger partial charge in [-0.1, -0.05) is 12.1 Å². The number of nitro benzene ring substituents is 1. The molecule has 2 heterocycles. The fourth-order valence-corrected chi connectivity index (χ4v) is 3.01. The van der Waals surface area contributed by atoms with Crippen LogP contribution in [0.15, 0.2) is 94.0 Å². The van der Waals surface area contributed by atoms with Crippen molar-refractivity contribution < 1.29 is 23.3 Å². The van der Waals surface area contributed by atoms with Gasteiger partial charge in [-0.15, -0.1) is 0 Å². The Morgan fingerprint density at radius 2 is 1.61 bits per heavy atom. The van der Waals surface area contributed by atoms with Crippen LogP contribution in [0, 0.1) is 10.1 Å². The number of carbonyl (C=O) groups excluding carboxylic acids is 2. The third-order valence-corrected chi connectivity index (χ3v) is 4.55. The molecule has 2 N–H and O–H groups in total. The second-order valence-electron chi connectivity index (χ2n) is 6.81. The molecule has 0 radical (unpaired) electrons. The summed E-state index contributed by atoms with van der Waals surface area (Å²) in [4.78, 5) is 34.9. The van der Waals surface area contributed by atoms with E-state index < -0.39 is 10.8 Å². The summed E-state index contributed by atoms with van der Waals surface area (Å²) < 4.78 is 10.7. The molecular formula is C24H17N3O6. The van der Waals surface area contributed by atoms with Crippen LogP contribution in [-0.2, 0) is 4.79 Å². The first kappa shape index (κ1) is 21.3. The van der Waals surface area contributed by atoms with E-state index in [-0.39, 0.29) is 17.4 Å². The van der Waals surface area contributed by atoms with Gasteiger partial charge in [-0.3, -0.25) is 19.7 Å². The minimum absolute atomic E-state index is 0.0658. The van der Waals surface area contributed by atoms with Gasteiger partial charge in [-0.25, -0.2) is 0 Å². The molecule has 164 valence electrons. The molecule has 2 aromatic heterocycles. The summed E-state index contributed by atoms with van der Waals surface area (Å²) in [5, 5.41) is 16.6. The standard InChI is InChI=1S/C24H17N3O6/c28-23(25-16-7-9-17(10-8-16)26-24(29)22-6-3-15-32-22)14-12-18-11-13-21(33-18)19-4-1-2-5-20(19)27(30)31/h1-15H,(H,25,28)(H,26,29). The van der Waals surface area contributed by atoms with Crippen molar-refractivity contribution in [3.05, 3.63) is 107 Å². The summed E-state index contributed by atoms with van der Waals surface area (Å²) in [6.07, 6.45) is 4.16. The van der Waals surface area contributed by atoms with Crippen molar-refractivity contribution >= 4 is 35.0 Å². The number of nitrogens with zero attached hydrogens (tertiary/aromatic N) is 1. The Morgan fingerprint density at radius 1 is 0.879 bits per heavy atom. The van der Waals surface area contributed by atoms with Crippen molar-refractivity contribution in [3.63, 3.8) is 0 Å². The summed E-state index contributed by atoms with van der Waals surface area (Å²) >= 11 is 0. The third-order valence-electron chi connectivity index (χ3n) is 4.55. The molecule has 2 amide bonds. The van der Waals surface area contributed by atoms with Crippen LogP contribution in [0.5, 0.6) is 0 Å². The Morgan fingerprint density at radius 3 is 2.30 bits per heavy atom. The molecule has 0 unspecified atom stereocenters. The van der Waals surface area contributed by atoms with Crippen LogP contribution < -0.4 is 10.6 Å². The number of furan rings is 2. The molecule has 0 aliphatic heterocycles. The normalized spacial score (nSPS) is 10.8. The van der Waals surface area contributed by atoms with Crippen LogP contribution in [0.25, 0.3) is 17.4 Å². The highest BCUT2D eigenvalue weighted by molar-refractivity contribution is 6.03. The maximum atomic E-state index is 12.2. The zero-order valence-electron chi connectivity index (χ0n) is 17.1. The van der Waals surface area contributed by atoms with Crippen molar-refractivity contribution in [2.75, 3.05) is 10.6 Å². The van der Waals surface area contributed by atoms with Crippen LogP contribution in [0.1, 0.15) is 16.3 Å². The Balaban J connectivity index is 1.36. The number of rotatable bonds is 7. The van der Waals surface area contributed by atoms with Crippen LogP contribution in [0.4, 0.5) is 17.1 Å². The molecule has 9 nitrogen and oxygen atoms in total. The van der Waals surface area contributed by atoms with E-state index >= 15 is 0 Å². The summed E-state index contributed by atoms with van der Waals surface area (Å²) in [5.74, 6) is 0.119. The molecule has 4 aromatic rings. The van der Waals surface area contributed by atoms with Crippen molar-refractivity contribution in [1.82, 2.24) is 0 Å². The predicted octanol–water partition coefficient (Wildman–Crippen LogP) is 5.35. The number of carbonyl (C=O) groups is 2. The third kappa shape index (κ3) is 5.23. The van der Waals surface area contributed by atoms with E-state index in [0.717, 1.165) is 0 Å². The molecule has 0 bridgehead atoms. The molecule has 0 spiro atoms. The minimum atomic E-state index is -0.478. The average Bonchev–Trinajstić information content (AvgIpc) is 3.51. The van der Waals surface area contributed by atoms with E-state index in [9.17, 15) is 19.7 Å².